The van der Waals surface area contributed by atoms with Crippen LogP contribution in [-0.4, -0.2) is 40.8 Å². The van der Waals surface area contributed by atoms with Crippen molar-refractivity contribution in [1.82, 2.24) is 5.32 Å². The van der Waals surface area contributed by atoms with Crippen molar-refractivity contribution in [2.75, 3.05) is 13.2 Å². The molecule has 1 aromatic rings. The molecule has 110 valence electrons. The molecule has 0 fully saturated rings. The van der Waals surface area contributed by atoms with Crippen LogP contribution >= 0.6 is 23.2 Å². The van der Waals surface area contributed by atoms with Crippen molar-refractivity contribution in [2.24, 2.45) is 0 Å². The molecule has 1 unspecified atom stereocenters. The first kappa shape index (κ1) is 16.6. The Morgan fingerprint density at radius 2 is 2.05 bits per heavy atom. The maximum atomic E-state index is 11.5. The number of rotatable bonds is 6. The van der Waals surface area contributed by atoms with Crippen LogP contribution < -0.4 is 10.1 Å². The number of benzene rings is 1. The highest BCUT2D eigenvalue weighted by Crippen LogP contribution is 2.27. The molecule has 0 heterocycles. The summed E-state index contributed by atoms with van der Waals surface area (Å²) in [6.07, 6.45) is 0. The van der Waals surface area contributed by atoms with Gasteiger partial charge in [-0.1, -0.05) is 23.2 Å². The maximum Gasteiger partial charge on any atom is 0.337 e. The summed E-state index contributed by atoms with van der Waals surface area (Å²) in [5.74, 6) is -1.79. The Hall–Kier alpha value is -1.50. The summed E-state index contributed by atoms with van der Waals surface area (Å²) in [5.41, 5.74) is -2.04. The first-order chi connectivity index (χ1) is 9.22. The van der Waals surface area contributed by atoms with Crippen molar-refractivity contribution in [3.63, 3.8) is 0 Å². The van der Waals surface area contributed by atoms with Gasteiger partial charge in [0, 0.05) is 11.1 Å². The molecule has 20 heavy (non-hydrogen) atoms. The average molecular weight is 322 g/mol. The molecular weight excluding hydrogens is 309 g/mol. The zero-order valence-electron chi connectivity index (χ0n) is 10.5. The van der Waals surface area contributed by atoms with Gasteiger partial charge in [-0.15, -0.1) is 0 Å². The van der Waals surface area contributed by atoms with E-state index in [1.807, 2.05) is 0 Å². The number of hydrogen-bond acceptors (Lipinski definition) is 4. The van der Waals surface area contributed by atoms with E-state index in [0.29, 0.717) is 10.0 Å². The number of ether oxygens (including phenoxy) is 1. The molecule has 1 rings (SSSR count). The molecule has 0 saturated heterocycles. The minimum Gasteiger partial charge on any atom is -0.482 e. The number of hydrogen-bond donors (Lipinski definition) is 3. The van der Waals surface area contributed by atoms with Gasteiger partial charge in [0.1, 0.15) is 5.75 Å². The monoisotopic (exact) mass is 321 g/mol. The van der Waals surface area contributed by atoms with Crippen LogP contribution in [0.15, 0.2) is 18.2 Å². The summed E-state index contributed by atoms with van der Waals surface area (Å²) < 4.78 is 5.15. The van der Waals surface area contributed by atoms with Gasteiger partial charge < -0.3 is 20.3 Å². The number of nitrogens with one attached hydrogen (secondary N) is 1. The molecule has 0 radical (unpaired) electrons. The molecule has 0 bridgehead atoms. The first-order valence-electron chi connectivity index (χ1n) is 5.52. The lowest BCUT2D eigenvalue weighted by Crippen LogP contribution is -2.47. The molecule has 0 aliphatic heterocycles. The van der Waals surface area contributed by atoms with Gasteiger partial charge in [-0.25, -0.2) is 4.79 Å². The molecular formula is C12H13Cl2NO5. The Labute approximate surface area is 125 Å². The number of halogens is 2. The minimum atomic E-state index is -2.04. The van der Waals surface area contributed by atoms with Gasteiger partial charge >= 0.3 is 5.97 Å². The van der Waals surface area contributed by atoms with Gasteiger partial charge in [0.2, 0.25) is 0 Å². The summed E-state index contributed by atoms with van der Waals surface area (Å²) in [7, 11) is 0. The zero-order valence-corrected chi connectivity index (χ0v) is 12.0. The predicted octanol–water partition coefficient (Wildman–Crippen LogP) is 1.32. The van der Waals surface area contributed by atoms with E-state index in [1.54, 1.807) is 6.07 Å². The summed E-state index contributed by atoms with van der Waals surface area (Å²) >= 11 is 11.6. The third kappa shape index (κ3) is 4.88. The van der Waals surface area contributed by atoms with E-state index in [-0.39, 0.29) is 12.4 Å². The van der Waals surface area contributed by atoms with E-state index < -0.39 is 24.0 Å². The molecule has 6 nitrogen and oxygen atoms in total. The zero-order chi connectivity index (χ0) is 15.3. The van der Waals surface area contributed by atoms with E-state index in [9.17, 15) is 14.7 Å². The Bertz CT molecular complexity index is 519. The van der Waals surface area contributed by atoms with Gasteiger partial charge in [-0.05, 0) is 19.1 Å². The van der Waals surface area contributed by atoms with Crippen LogP contribution in [0.5, 0.6) is 5.75 Å². The third-order valence-electron chi connectivity index (χ3n) is 2.34. The van der Waals surface area contributed by atoms with E-state index >= 15 is 0 Å². The second-order valence-electron chi connectivity index (χ2n) is 4.22. The normalized spacial score (nSPS) is 13.4. The lowest BCUT2D eigenvalue weighted by Gasteiger charge is -2.18. The molecule has 8 heteroatoms. The van der Waals surface area contributed by atoms with E-state index in [1.165, 1.54) is 12.1 Å². The van der Waals surface area contributed by atoms with Crippen molar-refractivity contribution >= 4 is 35.1 Å². The van der Waals surface area contributed by atoms with Gasteiger partial charge in [-0.3, -0.25) is 4.79 Å². The van der Waals surface area contributed by atoms with Crippen molar-refractivity contribution in [3.8, 4) is 5.75 Å². The smallest absolute Gasteiger partial charge is 0.337 e. The Morgan fingerprint density at radius 1 is 1.40 bits per heavy atom. The summed E-state index contributed by atoms with van der Waals surface area (Å²) in [6.45, 7) is 0.258. The second-order valence-corrected chi connectivity index (χ2v) is 5.06. The Balaban J connectivity index is 2.48. The van der Waals surface area contributed by atoms with Crippen molar-refractivity contribution in [3.05, 3.63) is 28.2 Å². The highest BCUT2D eigenvalue weighted by atomic mass is 35.5. The van der Waals surface area contributed by atoms with Crippen molar-refractivity contribution in [2.45, 2.75) is 12.5 Å². The number of aliphatic hydroxyl groups is 1. The lowest BCUT2D eigenvalue weighted by atomic mass is 10.1. The number of carboxylic acid groups (broad SMARTS) is 1. The molecule has 0 saturated carbocycles. The fourth-order valence-corrected chi connectivity index (χ4v) is 1.46. The fraction of sp³-hybridized carbons (Fsp3) is 0.333. The van der Waals surface area contributed by atoms with Crippen LogP contribution in [0.1, 0.15) is 6.92 Å². The van der Waals surface area contributed by atoms with Crippen LogP contribution in [0, 0.1) is 0 Å². The minimum absolute atomic E-state index is 0.235. The molecule has 1 aromatic carbocycles. The van der Waals surface area contributed by atoms with E-state index in [0.717, 1.165) is 6.92 Å². The van der Waals surface area contributed by atoms with Gasteiger partial charge in [0.05, 0.1) is 11.6 Å². The van der Waals surface area contributed by atoms with Crippen LogP contribution in [0.3, 0.4) is 0 Å². The van der Waals surface area contributed by atoms with Crippen molar-refractivity contribution in [1.29, 1.82) is 0 Å². The number of carboxylic acids is 1. The molecule has 0 aliphatic carbocycles. The van der Waals surface area contributed by atoms with E-state index in [2.05, 4.69) is 5.32 Å². The molecule has 1 amide bonds. The molecule has 1 atom stereocenters. The predicted molar refractivity (Wildman–Crippen MR) is 73.2 cm³/mol. The first-order valence-corrected chi connectivity index (χ1v) is 6.28. The highest BCUT2D eigenvalue weighted by Gasteiger charge is 2.30. The topological polar surface area (TPSA) is 95.9 Å². The maximum absolute atomic E-state index is 11.5. The Kier molecular flexibility index (Phi) is 5.62. The summed E-state index contributed by atoms with van der Waals surface area (Å²) in [6, 6.07) is 4.54. The molecule has 0 aliphatic rings. The molecule has 0 aromatic heterocycles. The standard InChI is InChI=1S/C12H13Cl2NO5/c1-12(19,11(17)18)6-15-10(16)5-20-9-4-7(13)2-3-8(9)14/h2-4,19H,5-6H2,1H3,(H,15,16)(H,17,18). The number of amides is 1. The average Bonchev–Trinajstić information content (AvgIpc) is 2.37. The number of carbonyl (C=O) groups is 2. The number of aliphatic carboxylic acids is 1. The fourth-order valence-electron chi connectivity index (χ4n) is 1.13. The third-order valence-corrected chi connectivity index (χ3v) is 2.89. The quantitative estimate of drug-likeness (QED) is 0.734. The van der Waals surface area contributed by atoms with Gasteiger partial charge in [-0.2, -0.15) is 0 Å². The highest BCUT2D eigenvalue weighted by molar-refractivity contribution is 6.34. The van der Waals surface area contributed by atoms with Gasteiger partial charge in [0.25, 0.3) is 5.91 Å². The van der Waals surface area contributed by atoms with Crippen molar-refractivity contribution < 1.29 is 24.5 Å². The van der Waals surface area contributed by atoms with Crippen LogP contribution in [0.2, 0.25) is 10.0 Å². The summed E-state index contributed by atoms with van der Waals surface area (Å²) in [4.78, 5) is 22.1. The molecule has 0 spiro atoms. The SMILES string of the molecule is CC(O)(CNC(=O)COc1cc(Cl)ccc1Cl)C(=O)O. The molecule has 3 N–H and O–H groups in total. The van der Waals surface area contributed by atoms with Gasteiger partial charge in [0.15, 0.2) is 12.2 Å². The second kappa shape index (κ2) is 6.78. The van der Waals surface area contributed by atoms with E-state index in [4.69, 9.17) is 33.0 Å². The van der Waals surface area contributed by atoms with Crippen LogP contribution in [0.25, 0.3) is 0 Å². The lowest BCUT2D eigenvalue weighted by molar-refractivity contribution is -0.156. The largest absolute Gasteiger partial charge is 0.482 e. The summed E-state index contributed by atoms with van der Waals surface area (Å²) in [5, 5.41) is 21.0. The number of carbonyl (C=O) groups excluding carboxylic acids is 1. The Morgan fingerprint density at radius 3 is 2.65 bits per heavy atom. The van der Waals surface area contributed by atoms with Crippen LogP contribution in [-0.2, 0) is 9.59 Å². The van der Waals surface area contributed by atoms with Crippen LogP contribution in [0.4, 0.5) is 0 Å².